The molecular weight excluding hydrogens is 351 g/mol. The molecule has 1 aliphatic carbocycles. The molecular formula is C24H33FN2O. The van der Waals surface area contributed by atoms with Gasteiger partial charge in [0, 0.05) is 31.5 Å². The molecule has 1 atom stereocenters. The molecule has 0 amide bonds. The molecule has 0 saturated heterocycles. The minimum atomic E-state index is -0.453. The van der Waals surface area contributed by atoms with E-state index in [-0.39, 0.29) is 12.4 Å². The van der Waals surface area contributed by atoms with Crippen LogP contribution in [-0.4, -0.2) is 33.3 Å². The van der Waals surface area contributed by atoms with Crippen molar-refractivity contribution in [1.82, 2.24) is 9.47 Å². The van der Waals surface area contributed by atoms with Crippen molar-refractivity contribution in [2.24, 2.45) is 5.92 Å². The summed E-state index contributed by atoms with van der Waals surface area (Å²) in [4.78, 5) is 2.37. The van der Waals surface area contributed by atoms with E-state index in [1.807, 2.05) is 24.4 Å². The van der Waals surface area contributed by atoms with E-state index in [1.54, 1.807) is 12.1 Å². The maximum Gasteiger partial charge on any atom is 0.123 e. The van der Waals surface area contributed by atoms with Gasteiger partial charge in [0.1, 0.15) is 5.82 Å². The first-order valence-corrected chi connectivity index (χ1v) is 10.4. The van der Waals surface area contributed by atoms with Crippen LogP contribution in [0.2, 0.25) is 0 Å². The van der Waals surface area contributed by atoms with E-state index in [4.69, 9.17) is 0 Å². The zero-order valence-electron chi connectivity index (χ0n) is 17.0. The highest BCUT2D eigenvalue weighted by Crippen LogP contribution is 2.29. The number of benzene rings is 1. The fraction of sp³-hybridized carbons (Fsp3) is 0.500. The van der Waals surface area contributed by atoms with Crippen LogP contribution < -0.4 is 0 Å². The molecule has 0 aliphatic heterocycles. The average Bonchev–Trinajstić information content (AvgIpc) is 3.14. The summed E-state index contributed by atoms with van der Waals surface area (Å²) >= 11 is 0. The lowest BCUT2D eigenvalue weighted by Crippen LogP contribution is -2.49. The van der Waals surface area contributed by atoms with Crippen LogP contribution >= 0.6 is 0 Å². The maximum absolute atomic E-state index is 13.6. The minimum absolute atomic E-state index is 0.0494. The lowest BCUT2D eigenvalue weighted by molar-refractivity contribution is 0.0509. The Kier molecular flexibility index (Phi) is 7.08. The Morgan fingerprint density at radius 1 is 1.25 bits per heavy atom. The van der Waals surface area contributed by atoms with E-state index < -0.39 is 5.54 Å². The van der Waals surface area contributed by atoms with Crippen LogP contribution in [0.1, 0.15) is 50.3 Å². The molecule has 3 rings (SSSR count). The fourth-order valence-electron chi connectivity index (χ4n) is 4.20. The fourth-order valence-corrected chi connectivity index (χ4v) is 4.20. The largest absolute Gasteiger partial charge is 0.394 e. The van der Waals surface area contributed by atoms with Gasteiger partial charge in [-0.05, 0) is 55.5 Å². The molecule has 28 heavy (non-hydrogen) atoms. The van der Waals surface area contributed by atoms with Gasteiger partial charge in [0.25, 0.3) is 0 Å². The zero-order chi connectivity index (χ0) is 20.0. The number of nitrogens with zero attached hydrogens (tertiary/aromatic N) is 2. The zero-order valence-corrected chi connectivity index (χ0v) is 17.0. The topological polar surface area (TPSA) is 28.4 Å². The quantitative estimate of drug-likeness (QED) is 0.617. The highest BCUT2D eigenvalue weighted by atomic mass is 19.1. The summed E-state index contributed by atoms with van der Waals surface area (Å²) < 4.78 is 15.7. The van der Waals surface area contributed by atoms with Crippen LogP contribution in [0, 0.1) is 11.7 Å². The van der Waals surface area contributed by atoms with E-state index in [0.29, 0.717) is 12.5 Å². The molecule has 4 heteroatoms. The first-order valence-electron chi connectivity index (χ1n) is 10.4. The normalized spacial score (nSPS) is 17.6. The highest BCUT2D eigenvalue weighted by molar-refractivity contribution is 5.19. The van der Waals surface area contributed by atoms with Gasteiger partial charge in [-0.3, -0.25) is 4.90 Å². The Morgan fingerprint density at radius 3 is 2.71 bits per heavy atom. The van der Waals surface area contributed by atoms with Gasteiger partial charge in [-0.2, -0.15) is 0 Å². The number of hydrogen-bond acceptors (Lipinski definition) is 2. The van der Waals surface area contributed by atoms with Gasteiger partial charge < -0.3 is 9.67 Å². The van der Waals surface area contributed by atoms with Crippen molar-refractivity contribution < 1.29 is 9.50 Å². The SMILES string of the molecule is C=C[C@@](C)(CO)N(Cc1cccn1Cc1cccc(F)c1)CC1CCCCC1. The van der Waals surface area contributed by atoms with Gasteiger partial charge in [-0.25, -0.2) is 4.39 Å². The van der Waals surface area contributed by atoms with Crippen LogP contribution in [0.15, 0.2) is 55.3 Å². The molecule has 0 bridgehead atoms. The molecule has 1 aliphatic rings. The van der Waals surface area contributed by atoms with Crippen molar-refractivity contribution in [2.75, 3.05) is 13.2 Å². The van der Waals surface area contributed by atoms with Crippen LogP contribution in [-0.2, 0) is 13.1 Å². The van der Waals surface area contributed by atoms with Crippen LogP contribution in [0.25, 0.3) is 0 Å². The van der Waals surface area contributed by atoms with Crippen molar-refractivity contribution >= 4 is 0 Å². The summed E-state index contributed by atoms with van der Waals surface area (Å²) in [5.74, 6) is 0.468. The van der Waals surface area contributed by atoms with Gasteiger partial charge in [0.2, 0.25) is 0 Å². The van der Waals surface area contributed by atoms with Crippen LogP contribution in [0.5, 0.6) is 0 Å². The lowest BCUT2D eigenvalue weighted by Gasteiger charge is -2.41. The Labute approximate surface area is 168 Å². The van der Waals surface area contributed by atoms with E-state index in [1.165, 1.54) is 43.9 Å². The Balaban J connectivity index is 1.78. The number of rotatable bonds is 9. The number of aliphatic hydroxyl groups is 1. The van der Waals surface area contributed by atoms with Crippen molar-refractivity contribution in [3.8, 4) is 0 Å². The Bertz CT molecular complexity index is 765. The summed E-state index contributed by atoms with van der Waals surface area (Å²) in [7, 11) is 0. The summed E-state index contributed by atoms with van der Waals surface area (Å²) in [5, 5.41) is 10.1. The maximum atomic E-state index is 13.6. The third-order valence-corrected chi connectivity index (χ3v) is 6.20. The summed E-state index contributed by atoms with van der Waals surface area (Å²) in [6.07, 6.45) is 10.4. The molecule has 1 aromatic carbocycles. The van der Waals surface area contributed by atoms with Gasteiger partial charge in [0.05, 0.1) is 12.1 Å². The average molecular weight is 385 g/mol. The number of aliphatic hydroxyl groups excluding tert-OH is 1. The summed E-state index contributed by atoms with van der Waals surface area (Å²) in [6.45, 7) is 8.45. The van der Waals surface area contributed by atoms with E-state index in [9.17, 15) is 9.50 Å². The molecule has 3 nitrogen and oxygen atoms in total. The summed E-state index contributed by atoms with van der Waals surface area (Å²) in [6, 6.07) is 10.9. The first kappa shape index (κ1) is 20.8. The first-order chi connectivity index (χ1) is 13.5. The molecule has 1 N–H and O–H groups in total. The third kappa shape index (κ3) is 5.12. The molecule has 1 heterocycles. The third-order valence-electron chi connectivity index (χ3n) is 6.20. The molecule has 1 aromatic heterocycles. The molecule has 0 unspecified atom stereocenters. The van der Waals surface area contributed by atoms with Gasteiger partial charge in [-0.1, -0.05) is 37.5 Å². The molecule has 0 spiro atoms. The number of aromatic nitrogens is 1. The van der Waals surface area contributed by atoms with Crippen LogP contribution in [0.4, 0.5) is 4.39 Å². The van der Waals surface area contributed by atoms with Crippen molar-refractivity contribution in [3.05, 3.63) is 72.3 Å². The Morgan fingerprint density at radius 2 is 2.04 bits per heavy atom. The van der Waals surface area contributed by atoms with Gasteiger partial charge >= 0.3 is 0 Å². The van der Waals surface area contributed by atoms with Crippen molar-refractivity contribution in [3.63, 3.8) is 0 Å². The molecule has 152 valence electrons. The highest BCUT2D eigenvalue weighted by Gasteiger charge is 2.31. The monoisotopic (exact) mass is 384 g/mol. The number of halogens is 1. The van der Waals surface area contributed by atoms with Gasteiger partial charge in [0.15, 0.2) is 0 Å². The van der Waals surface area contributed by atoms with E-state index >= 15 is 0 Å². The minimum Gasteiger partial charge on any atom is -0.394 e. The number of hydrogen-bond donors (Lipinski definition) is 1. The molecule has 1 fully saturated rings. The van der Waals surface area contributed by atoms with E-state index in [0.717, 1.165) is 18.7 Å². The van der Waals surface area contributed by atoms with E-state index in [2.05, 4.69) is 29.0 Å². The molecule has 0 radical (unpaired) electrons. The second-order valence-corrected chi connectivity index (χ2v) is 8.36. The van der Waals surface area contributed by atoms with Crippen molar-refractivity contribution in [2.45, 2.75) is 57.7 Å². The predicted octanol–water partition coefficient (Wildman–Crippen LogP) is 4.99. The molecule has 1 saturated carbocycles. The Hall–Kier alpha value is -1.91. The lowest BCUT2D eigenvalue weighted by atomic mass is 9.87. The van der Waals surface area contributed by atoms with Crippen molar-refractivity contribution in [1.29, 1.82) is 0 Å². The summed E-state index contributed by atoms with van der Waals surface area (Å²) in [5.41, 5.74) is 1.66. The van der Waals surface area contributed by atoms with Crippen LogP contribution in [0.3, 0.4) is 0 Å². The smallest absolute Gasteiger partial charge is 0.123 e. The molecule has 2 aromatic rings. The predicted molar refractivity (Wildman–Crippen MR) is 113 cm³/mol. The van der Waals surface area contributed by atoms with Gasteiger partial charge in [-0.15, -0.1) is 6.58 Å². The second kappa shape index (κ2) is 9.53. The second-order valence-electron chi connectivity index (χ2n) is 8.36. The standard InChI is InChI=1S/C24H33FN2O/c1-3-24(2,19-28)27(17-20-9-5-4-6-10-20)18-23-13-8-14-26(23)16-21-11-7-12-22(25)15-21/h3,7-8,11-15,20,28H,1,4-6,9-10,16-19H2,2H3/t24-/m0/s1.